The molecule has 8 heteroatoms. The van der Waals surface area contributed by atoms with Gasteiger partial charge in [-0.05, 0) is 26.1 Å². The lowest BCUT2D eigenvalue weighted by Crippen LogP contribution is -2.40. The van der Waals surface area contributed by atoms with Crippen LogP contribution in [0.5, 0.6) is 5.75 Å². The van der Waals surface area contributed by atoms with Crippen molar-refractivity contribution in [2.45, 2.75) is 26.5 Å². The average molecular weight is 312 g/mol. The number of nitrogens with one attached hydrogen (secondary N) is 2. The normalized spacial score (nSPS) is 12.4. The number of hydrogen-bond acceptors (Lipinski definition) is 6. The maximum absolute atomic E-state index is 9.93. The van der Waals surface area contributed by atoms with E-state index in [0.29, 0.717) is 28.5 Å². The van der Waals surface area contributed by atoms with Crippen LogP contribution in [0.25, 0.3) is 0 Å². The Hall–Kier alpha value is -1.77. The Morgan fingerprint density at radius 2 is 2.33 bits per heavy atom. The van der Waals surface area contributed by atoms with E-state index in [1.165, 1.54) is 12.4 Å². The monoisotopic (exact) mass is 312 g/mol. The van der Waals surface area contributed by atoms with Crippen LogP contribution in [0, 0.1) is 6.92 Å². The summed E-state index contributed by atoms with van der Waals surface area (Å²) in [7, 11) is 1.61. The molecule has 0 saturated heterocycles. The molecule has 0 aromatic carbocycles. The molecule has 0 unspecified atom stereocenters. The standard InChI is InChI=1S/C13H20N4O3S/c1-8(7-20-3)16-13(21)17-15-5-11-10(6-18)4-14-9(2)12(11)19/h4-5,8,18-19H,6-7H2,1-3H3,(H2,16,17,21)/b15-5+/t8-/m1/s1. The minimum Gasteiger partial charge on any atom is -0.505 e. The van der Waals surface area contributed by atoms with Crippen molar-refractivity contribution in [3.05, 3.63) is 23.0 Å². The first kappa shape index (κ1) is 17.3. The predicted molar refractivity (Wildman–Crippen MR) is 84.4 cm³/mol. The first-order valence-corrected chi connectivity index (χ1v) is 6.77. The van der Waals surface area contributed by atoms with Gasteiger partial charge in [-0.15, -0.1) is 0 Å². The highest BCUT2D eigenvalue weighted by Crippen LogP contribution is 2.21. The van der Waals surface area contributed by atoms with Crippen LogP contribution in [-0.2, 0) is 11.3 Å². The molecule has 1 aromatic heterocycles. The van der Waals surface area contributed by atoms with E-state index < -0.39 is 0 Å². The third-order valence-corrected chi connectivity index (χ3v) is 2.89. The van der Waals surface area contributed by atoms with E-state index in [2.05, 4.69) is 20.8 Å². The summed E-state index contributed by atoms with van der Waals surface area (Å²) in [5, 5.41) is 26.4. The summed E-state index contributed by atoms with van der Waals surface area (Å²) in [4.78, 5) is 3.97. The Morgan fingerprint density at radius 3 is 2.95 bits per heavy atom. The first-order chi connectivity index (χ1) is 9.99. The number of hydrazone groups is 1. The van der Waals surface area contributed by atoms with Gasteiger partial charge in [0.05, 0.1) is 25.1 Å². The number of aromatic nitrogens is 1. The van der Waals surface area contributed by atoms with Crippen molar-refractivity contribution in [2.75, 3.05) is 13.7 Å². The Morgan fingerprint density at radius 1 is 1.62 bits per heavy atom. The summed E-state index contributed by atoms with van der Waals surface area (Å²) >= 11 is 5.06. The van der Waals surface area contributed by atoms with Crippen LogP contribution in [0.15, 0.2) is 11.3 Å². The Bertz CT molecular complexity index is 522. The summed E-state index contributed by atoms with van der Waals surface area (Å²) in [5.74, 6) is -0.0151. The van der Waals surface area contributed by atoms with Crippen LogP contribution in [-0.4, -0.2) is 46.3 Å². The Balaban J connectivity index is 2.69. The van der Waals surface area contributed by atoms with Gasteiger partial charge in [0.25, 0.3) is 0 Å². The van der Waals surface area contributed by atoms with E-state index in [-0.39, 0.29) is 18.4 Å². The second-order valence-electron chi connectivity index (χ2n) is 4.49. The number of hydrogen-bond donors (Lipinski definition) is 4. The Labute approximate surface area is 129 Å². The highest BCUT2D eigenvalue weighted by Gasteiger charge is 2.09. The molecule has 21 heavy (non-hydrogen) atoms. The zero-order valence-electron chi connectivity index (χ0n) is 12.3. The quantitative estimate of drug-likeness (QED) is 0.343. The van der Waals surface area contributed by atoms with E-state index in [9.17, 15) is 10.2 Å². The summed E-state index contributed by atoms with van der Waals surface area (Å²) in [6, 6.07) is 0.0507. The van der Waals surface area contributed by atoms with Crippen LogP contribution < -0.4 is 10.7 Å². The van der Waals surface area contributed by atoms with Gasteiger partial charge in [-0.3, -0.25) is 10.4 Å². The SMILES string of the molecule is COC[C@@H](C)NC(=S)N/N=C/c1c(CO)cnc(C)c1O. The van der Waals surface area contributed by atoms with Gasteiger partial charge in [0.15, 0.2) is 5.11 Å². The number of aryl methyl sites for hydroxylation is 1. The topological polar surface area (TPSA) is 99.0 Å². The highest BCUT2D eigenvalue weighted by molar-refractivity contribution is 7.80. The van der Waals surface area contributed by atoms with Crippen molar-refractivity contribution >= 4 is 23.5 Å². The lowest BCUT2D eigenvalue weighted by Gasteiger charge is -2.14. The fraction of sp³-hybridized carbons (Fsp3) is 0.462. The molecular weight excluding hydrogens is 292 g/mol. The molecule has 0 bridgehead atoms. The maximum Gasteiger partial charge on any atom is 0.187 e. The number of nitrogens with zero attached hydrogens (tertiary/aromatic N) is 2. The van der Waals surface area contributed by atoms with Gasteiger partial charge in [-0.2, -0.15) is 5.10 Å². The van der Waals surface area contributed by atoms with Crippen molar-refractivity contribution in [3.63, 3.8) is 0 Å². The zero-order chi connectivity index (χ0) is 15.8. The van der Waals surface area contributed by atoms with E-state index in [0.717, 1.165) is 0 Å². The molecule has 0 fully saturated rings. The van der Waals surface area contributed by atoms with E-state index >= 15 is 0 Å². The second kappa shape index (κ2) is 8.50. The molecule has 116 valence electrons. The van der Waals surface area contributed by atoms with Crippen LogP contribution in [0.1, 0.15) is 23.7 Å². The lowest BCUT2D eigenvalue weighted by molar-refractivity contribution is 0.179. The second-order valence-corrected chi connectivity index (χ2v) is 4.90. The molecule has 0 radical (unpaired) electrons. The molecule has 0 amide bonds. The van der Waals surface area contributed by atoms with Crippen molar-refractivity contribution in [3.8, 4) is 5.75 Å². The smallest absolute Gasteiger partial charge is 0.187 e. The Kier molecular flexibility index (Phi) is 7.00. The summed E-state index contributed by atoms with van der Waals surface area (Å²) in [5.41, 5.74) is 3.99. The van der Waals surface area contributed by atoms with Crippen molar-refractivity contribution in [1.29, 1.82) is 0 Å². The molecule has 0 aliphatic rings. The molecule has 0 aliphatic heterocycles. The number of aromatic hydroxyl groups is 1. The maximum atomic E-state index is 9.93. The molecule has 1 atom stereocenters. The van der Waals surface area contributed by atoms with Gasteiger partial charge in [0.2, 0.25) is 0 Å². The number of thiocarbonyl (C=S) groups is 1. The van der Waals surface area contributed by atoms with Gasteiger partial charge in [0, 0.05) is 30.5 Å². The molecule has 1 aromatic rings. The van der Waals surface area contributed by atoms with E-state index in [4.69, 9.17) is 17.0 Å². The molecule has 4 N–H and O–H groups in total. The average Bonchev–Trinajstić information content (AvgIpc) is 2.43. The van der Waals surface area contributed by atoms with Crippen LogP contribution in [0.2, 0.25) is 0 Å². The van der Waals surface area contributed by atoms with Gasteiger partial charge in [-0.1, -0.05) is 0 Å². The third-order valence-electron chi connectivity index (χ3n) is 2.68. The number of aliphatic hydroxyl groups excluding tert-OH is 1. The van der Waals surface area contributed by atoms with Crippen LogP contribution in [0.3, 0.4) is 0 Å². The number of pyridine rings is 1. The number of rotatable bonds is 6. The highest BCUT2D eigenvalue weighted by atomic mass is 32.1. The zero-order valence-corrected chi connectivity index (χ0v) is 13.1. The summed E-state index contributed by atoms with van der Waals surface area (Å²) < 4.78 is 4.98. The van der Waals surface area contributed by atoms with Crippen LogP contribution >= 0.6 is 12.2 Å². The van der Waals surface area contributed by atoms with Crippen molar-refractivity contribution < 1.29 is 14.9 Å². The van der Waals surface area contributed by atoms with Crippen molar-refractivity contribution in [1.82, 2.24) is 15.7 Å². The van der Waals surface area contributed by atoms with Gasteiger partial charge < -0.3 is 20.3 Å². The molecule has 0 saturated carbocycles. The van der Waals surface area contributed by atoms with E-state index in [1.807, 2.05) is 6.92 Å². The molecule has 0 aliphatic carbocycles. The van der Waals surface area contributed by atoms with E-state index in [1.54, 1.807) is 14.0 Å². The summed E-state index contributed by atoms with van der Waals surface area (Å²) in [6.45, 7) is 3.86. The number of ether oxygens (including phenoxy) is 1. The van der Waals surface area contributed by atoms with Crippen LogP contribution in [0.4, 0.5) is 0 Å². The molecule has 1 rings (SSSR count). The molecular formula is C13H20N4O3S. The summed E-state index contributed by atoms with van der Waals surface area (Å²) in [6.07, 6.45) is 2.89. The minimum absolute atomic E-state index is 0.0151. The molecule has 1 heterocycles. The minimum atomic E-state index is -0.240. The van der Waals surface area contributed by atoms with Gasteiger partial charge in [0.1, 0.15) is 5.75 Å². The largest absolute Gasteiger partial charge is 0.505 e. The predicted octanol–water partition coefficient (Wildman–Crippen LogP) is 0.421. The molecule has 0 spiro atoms. The van der Waals surface area contributed by atoms with Gasteiger partial charge >= 0.3 is 0 Å². The fourth-order valence-corrected chi connectivity index (χ4v) is 1.88. The third kappa shape index (κ3) is 5.25. The van der Waals surface area contributed by atoms with Gasteiger partial charge in [-0.25, -0.2) is 0 Å². The number of methoxy groups -OCH3 is 1. The fourth-order valence-electron chi connectivity index (χ4n) is 1.63. The van der Waals surface area contributed by atoms with Crippen molar-refractivity contribution in [2.24, 2.45) is 5.10 Å². The number of aliphatic hydroxyl groups is 1. The molecule has 7 nitrogen and oxygen atoms in total. The first-order valence-electron chi connectivity index (χ1n) is 6.36. The lowest BCUT2D eigenvalue weighted by atomic mass is 10.1.